The minimum atomic E-state index is -1.24. The van der Waals surface area contributed by atoms with Crippen molar-refractivity contribution in [2.24, 2.45) is 0 Å². The van der Waals surface area contributed by atoms with Gasteiger partial charge in [0.2, 0.25) is 5.91 Å². The van der Waals surface area contributed by atoms with Gasteiger partial charge in [-0.25, -0.2) is 0 Å². The lowest BCUT2D eigenvalue weighted by Crippen LogP contribution is -2.27. The SMILES string of the molecule is CCOc1cc(CNC(=O)CCC(=O)[O-])ccc1OCc1ccc(C)cc1. The molecule has 0 fully saturated rings. The fourth-order valence-electron chi connectivity index (χ4n) is 2.40. The standard InChI is InChI=1S/C21H25NO5/c1-3-26-19-12-17(13-22-20(23)10-11-21(24)25)8-9-18(19)27-14-16-6-4-15(2)5-7-16/h4-9,12H,3,10-11,13-14H2,1-2H3,(H,22,23)(H,24,25)/p-1. The second-order valence-electron chi connectivity index (χ2n) is 6.14. The molecule has 0 atom stereocenters. The molecule has 6 heteroatoms. The number of carbonyl (C=O) groups excluding carboxylic acids is 2. The first-order valence-electron chi connectivity index (χ1n) is 8.88. The largest absolute Gasteiger partial charge is 0.550 e. The van der Waals surface area contributed by atoms with Crippen LogP contribution in [-0.4, -0.2) is 18.5 Å². The van der Waals surface area contributed by atoms with Crippen LogP contribution in [0.25, 0.3) is 0 Å². The van der Waals surface area contributed by atoms with E-state index in [1.807, 2.05) is 56.3 Å². The highest BCUT2D eigenvalue weighted by atomic mass is 16.5. The Hall–Kier alpha value is -3.02. The molecule has 6 nitrogen and oxygen atoms in total. The second kappa shape index (κ2) is 10.2. The topological polar surface area (TPSA) is 87.7 Å². The second-order valence-corrected chi connectivity index (χ2v) is 6.14. The molecule has 0 aliphatic rings. The molecule has 2 rings (SSSR count). The van der Waals surface area contributed by atoms with Gasteiger partial charge in [-0.3, -0.25) is 4.79 Å². The first-order chi connectivity index (χ1) is 13.0. The molecule has 1 amide bonds. The molecule has 1 N–H and O–H groups in total. The van der Waals surface area contributed by atoms with Gasteiger partial charge < -0.3 is 24.7 Å². The Bertz CT molecular complexity index is 771. The van der Waals surface area contributed by atoms with Gasteiger partial charge in [0, 0.05) is 18.9 Å². The monoisotopic (exact) mass is 370 g/mol. The molecule has 144 valence electrons. The van der Waals surface area contributed by atoms with Gasteiger partial charge in [0.25, 0.3) is 0 Å². The number of ether oxygens (including phenoxy) is 2. The third-order valence-corrected chi connectivity index (χ3v) is 3.87. The van der Waals surface area contributed by atoms with Crippen LogP contribution in [0.15, 0.2) is 42.5 Å². The van der Waals surface area contributed by atoms with Gasteiger partial charge in [0.05, 0.1) is 6.61 Å². The summed E-state index contributed by atoms with van der Waals surface area (Å²) in [4.78, 5) is 22.0. The summed E-state index contributed by atoms with van der Waals surface area (Å²) in [5, 5.41) is 13.1. The Balaban J connectivity index is 1.97. The van der Waals surface area contributed by atoms with E-state index >= 15 is 0 Å². The predicted molar refractivity (Wildman–Crippen MR) is 99.2 cm³/mol. The predicted octanol–water partition coefficient (Wildman–Crippen LogP) is 2.12. The molecular weight excluding hydrogens is 346 g/mol. The maximum atomic E-state index is 11.6. The molecule has 27 heavy (non-hydrogen) atoms. The normalized spacial score (nSPS) is 10.3. The minimum absolute atomic E-state index is 0.0988. The number of aryl methyl sites for hydroxylation is 1. The highest BCUT2D eigenvalue weighted by Crippen LogP contribution is 2.29. The zero-order valence-electron chi connectivity index (χ0n) is 15.6. The molecule has 0 aliphatic heterocycles. The van der Waals surface area contributed by atoms with Gasteiger partial charge in [-0.2, -0.15) is 0 Å². The summed E-state index contributed by atoms with van der Waals surface area (Å²) < 4.78 is 11.5. The summed E-state index contributed by atoms with van der Waals surface area (Å²) in [6.45, 7) is 5.12. The van der Waals surface area contributed by atoms with E-state index in [4.69, 9.17) is 9.47 Å². The van der Waals surface area contributed by atoms with Gasteiger partial charge in [0.15, 0.2) is 11.5 Å². The molecule has 0 aliphatic carbocycles. The molecule has 0 spiro atoms. The summed E-state index contributed by atoms with van der Waals surface area (Å²) in [7, 11) is 0. The van der Waals surface area contributed by atoms with Crippen molar-refractivity contribution in [2.75, 3.05) is 6.61 Å². The van der Waals surface area contributed by atoms with Crippen molar-refractivity contribution in [3.63, 3.8) is 0 Å². The van der Waals surface area contributed by atoms with Gasteiger partial charge >= 0.3 is 0 Å². The number of nitrogens with one attached hydrogen (secondary N) is 1. The number of hydrogen-bond acceptors (Lipinski definition) is 5. The van der Waals surface area contributed by atoms with Gasteiger partial charge in [0.1, 0.15) is 6.61 Å². The lowest BCUT2D eigenvalue weighted by atomic mass is 10.1. The van der Waals surface area contributed by atoms with Crippen molar-refractivity contribution < 1.29 is 24.2 Å². The van der Waals surface area contributed by atoms with Crippen LogP contribution in [-0.2, 0) is 22.7 Å². The van der Waals surface area contributed by atoms with Gasteiger partial charge in [-0.05, 0) is 43.5 Å². The van der Waals surface area contributed by atoms with Crippen molar-refractivity contribution in [2.45, 2.75) is 39.8 Å². The molecule has 0 bridgehead atoms. The molecule has 0 saturated carbocycles. The average molecular weight is 370 g/mol. The van der Waals surface area contributed by atoms with Crippen molar-refractivity contribution >= 4 is 11.9 Å². The van der Waals surface area contributed by atoms with Crippen LogP contribution in [0.5, 0.6) is 11.5 Å². The van der Waals surface area contributed by atoms with E-state index in [2.05, 4.69) is 5.32 Å². The van der Waals surface area contributed by atoms with Crippen LogP contribution in [0, 0.1) is 6.92 Å². The molecule has 0 aromatic heterocycles. The number of rotatable bonds is 10. The fourth-order valence-corrected chi connectivity index (χ4v) is 2.40. The molecule has 0 radical (unpaired) electrons. The van der Waals surface area contributed by atoms with Crippen LogP contribution < -0.4 is 19.9 Å². The quantitative estimate of drug-likeness (QED) is 0.692. The van der Waals surface area contributed by atoms with Crippen LogP contribution in [0.3, 0.4) is 0 Å². The Morgan fingerprint density at radius 3 is 2.33 bits per heavy atom. The Morgan fingerprint density at radius 2 is 1.67 bits per heavy atom. The summed E-state index contributed by atoms with van der Waals surface area (Å²) in [6.07, 6.45) is -0.389. The highest BCUT2D eigenvalue weighted by Gasteiger charge is 2.08. The molecule has 2 aromatic rings. The van der Waals surface area contributed by atoms with E-state index in [0.29, 0.717) is 24.7 Å². The van der Waals surface area contributed by atoms with Crippen LogP contribution in [0.2, 0.25) is 0 Å². The third-order valence-electron chi connectivity index (χ3n) is 3.87. The lowest BCUT2D eigenvalue weighted by molar-refractivity contribution is -0.305. The number of aliphatic carboxylic acids is 1. The van der Waals surface area contributed by atoms with Gasteiger partial charge in [-0.15, -0.1) is 0 Å². The smallest absolute Gasteiger partial charge is 0.220 e. The number of carboxylic acid groups (broad SMARTS) is 1. The average Bonchev–Trinajstić information content (AvgIpc) is 2.65. The summed E-state index contributed by atoms with van der Waals surface area (Å²) in [5.74, 6) is -0.341. The molecule has 0 unspecified atom stereocenters. The summed E-state index contributed by atoms with van der Waals surface area (Å²) in [6, 6.07) is 13.6. The fraction of sp³-hybridized carbons (Fsp3) is 0.333. The number of carbonyl (C=O) groups is 2. The molecule has 0 saturated heterocycles. The molecular formula is C21H24NO5-. The maximum absolute atomic E-state index is 11.6. The maximum Gasteiger partial charge on any atom is 0.220 e. The Kier molecular flexibility index (Phi) is 7.67. The van der Waals surface area contributed by atoms with E-state index in [9.17, 15) is 14.7 Å². The highest BCUT2D eigenvalue weighted by molar-refractivity contribution is 5.79. The summed E-state index contributed by atoms with van der Waals surface area (Å²) in [5.41, 5.74) is 3.09. The van der Waals surface area contributed by atoms with E-state index < -0.39 is 5.97 Å². The number of hydrogen-bond donors (Lipinski definition) is 1. The van der Waals surface area contributed by atoms with Crippen molar-refractivity contribution in [1.82, 2.24) is 5.32 Å². The zero-order chi connectivity index (χ0) is 19.6. The number of benzene rings is 2. The van der Waals surface area contributed by atoms with Gasteiger partial charge in [-0.1, -0.05) is 35.9 Å². The van der Waals surface area contributed by atoms with E-state index in [1.165, 1.54) is 5.56 Å². The third kappa shape index (κ3) is 7.01. The van der Waals surface area contributed by atoms with Crippen LogP contribution in [0.1, 0.15) is 36.5 Å². The number of carboxylic acids is 1. The number of amides is 1. The molecule has 2 aromatic carbocycles. The Labute approximate surface area is 159 Å². The van der Waals surface area contributed by atoms with Crippen LogP contribution >= 0.6 is 0 Å². The first kappa shape index (κ1) is 20.3. The Morgan fingerprint density at radius 1 is 0.963 bits per heavy atom. The van der Waals surface area contributed by atoms with Crippen molar-refractivity contribution in [3.8, 4) is 11.5 Å². The molecule has 0 heterocycles. The summed E-state index contributed by atoms with van der Waals surface area (Å²) >= 11 is 0. The van der Waals surface area contributed by atoms with E-state index in [-0.39, 0.29) is 25.3 Å². The van der Waals surface area contributed by atoms with E-state index in [1.54, 1.807) is 0 Å². The van der Waals surface area contributed by atoms with Crippen LogP contribution in [0.4, 0.5) is 0 Å². The van der Waals surface area contributed by atoms with E-state index in [0.717, 1.165) is 11.1 Å². The lowest BCUT2D eigenvalue weighted by Gasteiger charge is -2.14. The van der Waals surface area contributed by atoms with Crippen molar-refractivity contribution in [3.05, 3.63) is 59.2 Å². The zero-order valence-corrected chi connectivity index (χ0v) is 15.6. The minimum Gasteiger partial charge on any atom is -0.550 e. The first-order valence-corrected chi connectivity index (χ1v) is 8.88. The van der Waals surface area contributed by atoms with Crippen molar-refractivity contribution in [1.29, 1.82) is 0 Å².